The number of fused-ring (bicyclic) bond motifs is 1. The van der Waals surface area contributed by atoms with Crippen molar-refractivity contribution >= 4 is 28.4 Å². The summed E-state index contributed by atoms with van der Waals surface area (Å²) in [6.45, 7) is 0. The van der Waals surface area contributed by atoms with Crippen molar-refractivity contribution < 1.29 is 8.78 Å². The van der Waals surface area contributed by atoms with Gasteiger partial charge in [-0.1, -0.05) is 30.0 Å². The van der Waals surface area contributed by atoms with Crippen molar-refractivity contribution in [2.45, 2.75) is 9.79 Å². The van der Waals surface area contributed by atoms with Gasteiger partial charge in [-0.2, -0.15) is 0 Å². The number of anilines is 1. The second-order valence-corrected chi connectivity index (χ2v) is 5.29. The number of halogens is 2. The van der Waals surface area contributed by atoms with Gasteiger partial charge in [-0.3, -0.25) is 4.98 Å². The summed E-state index contributed by atoms with van der Waals surface area (Å²) in [6.07, 6.45) is 1.62. The Hall–Kier alpha value is -2.14. The summed E-state index contributed by atoms with van der Waals surface area (Å²) in [5, 5.41) is 0.857. The van der Waals surface area contributed by atoms with Crippen molar-refractivity contribution in [3.8, 4) is 0 Å². The van der Waals surface area contributed by atoms with Crippen LogP contribution in [0.25, 0.3) is 10.9 Å². The van der Waals surface area contributed by atoms with Crippen LogP contribution in [0.5, 0.6) is 0 Å². The normalized spacial score (nSPS) is 10.9. The molecule has 0 aliphatic rings. The summed E-state index contributed by atoms with van der Waals surface area (Å²) in [6, 6.07) is 11.4. The van der Waals surface area contributed by atoms with E-state index in [0.29, 0.717) is 0 Å². The van der Waals surface area contributed by atoms with Gasteiger partial charge in [-0.25, -0.2) is 8.78 Å². The maximum Gasteiger partial charge on any atom is 0.142 e. The van der Waals surface area contributed by atoms with Gasteiger partial charge < -0.3 is 5.73 Å². The van der Waals surface area contributed by atoms with Gasteiger partial charge in [-0.05, 0) is 24.3 Å². The predicted octanol–water partition coefficient (Wildman–Crippen LogP) is 4.25. The Kier molecular flexibility index (Phi) is 3.28. The monoisotopic (exact) mass is 288 g/mol. The van der Waals surface area contributed by atoms with Crippen LogP contribution >= 0.6 is 11.8 Å². The molecule has 0 bridgehead atoms. The van der Waals surface area contributed by atoms with Crippen molar-refractivity contribution in [2.24, 2.45) is 0 Å². The zero-order valence-electron chi connectivity index (χ0n) is 10.3. The average molecular weight is 288 g/mol. The van der Waals surface area contributed by atoms with Crippen LogP contribution in [0.15, 0.2) is 58.5 Å². The molecule has 2 N–H and O–H groups in total. The fraction of sp³-hybridized carbons (Fsp3) is 0. The van der Waals surface area contributed by atoms with E-state index >= 15 is 0 Å². The molecule has 2 nitrogen and oxygen atoms in total. The Labute approximate surface area is 118 Å². The molecular weight excluding hydrogens is 278 g/mol. The number of hydrogen-bond donors (Lipinski definition) is 1. The van der Waals surface area contributed by atoms with Gasteiger partial charge in [0.25, 0.3) is 0 Å². The molecule has 0 aliphatic carbocycles. The molecule has 3 rings (SSSR count). The van der Waals surface area contributed by atoms with Crippen LogP contribution in [0, 0.1) is 11.6 Å². The molecule has 0 unspecified atom stereocenters. The molecule has 5 heteroatoms. The van der Waals surface area contributed by atoms with Crippen LogP contribution in [0.2, 0.25) is 0 Å². The van der Waals surface area contributed by atoms with Gasteiger partial charge in [0.1, 0.15) is 11.6 Å². The first-order valence-corrected chi connectivity index (χ1v) is 6.73. The minimum atomic E-state index is -0.659. The molecule has 0 radical (unpaired) electrons. The van der Waals surface area contributed by atoms with Crippen LogP contribution < -0.4 is 5.73 Å². The number of benzene rings is 2. The molecule has 1 aromatic heterocycles. The predicted molar refractivity (Wildman–Crippen MR) is 76.6 cm³/mol. The van der Waals surface area contributed by atoms with Crippen molar-refractivity contribution in [1.82, 2.24) is 4.98 Å². The third kappa shape index (κ3) is 2.32. The lowest BCUT2D eigenvalue weighted by atomic mass is 10.2. The fourth-order valence-electron chi connectivity index (χ4n) is 1.95. The van der Waals surface area contributed by atoms with E-state index in [1.54, 1.807) is 12.3 Å². The number of nitrogen functional groups attached to an aromatic ring is 1. The summed E-state index contributed by atoms with van der Waals surface area (Å²) in [5.41, 5.74) is 6.27. The lowest BCUT2D eigenvalue weighted by Gasteiger charge is -2.08. The number of hydrogen-bond acceptors (Lipinski definition) is 3. The van der Waals surface area contributed by atoms with Gasteiger partial charge in [0, 0.05) is 22.2 Å². The van der Waals surface area contributed by atoms with Gasteiger partial charge in [0.15, 0.2) is 0 Å². The number of nitrogens with zero attached hydrogens (tertiary/aromatic N) is 1. The Bertz CT molecular complexity index is 761. The van der Waals surface area contributed by atoms with E-state index in [2.05, 4.69) is 4.98 Å². The highest BCUT2D eigenvalue weighted by molar-refractivity contribution is 7.99. The highest BCUT2D eigenvalue weighted by atomic mass is 32.2. The largest absolute Gasteiger partial charge is 0.399 e. The van der Waals surface area contributed by atoms with E-state index in [4.69, 9.17) is 5.73 Å². The lowest BCUT2D eigenvalue weighted by molar-refractivity contribution is 0.542. The van der Waals surface area contributed by atoms with Gasteiger partial charge in [0.2, 0.25) is 0 Å². The third-order valence-electron chi connectivity index (χ3n) is 2.84. The zero-order chi connectivity index (χ0) is 14.1. The highest BCUT2D eigenvalue weighted by Gasteiger charge is 2.13. The quantitative estimate of drug-likeness (QED) is 0.717. The van der Waals surface area contributed by atoms with Crippen molar-refractivity contribution in [2.75, 3.05) is 5.73 Å². The van der Waals surface area contributed by atoms with E-state index in [1.165, 1.54) is 0 Å². The van der Waals surface area contributed by atoms with Gasteiger partial charge in [-0.15, -0.1) is 0 Å². The third-order valence-corrected chi connectivity index (χ3v) is 4.01. The molecule has 1 heterocycles. The first-order chi connectivity index (χ1) is 9.65. The van der Waals surface area contributed by atoms with Crippen molar-refractivity contribution in [1.29, 1.82) is 0 Å². The fourth-order valence-corrected chi connectivity index (χ4v) is 2.89. The Morgan fingerprint density at radius 2 is 1.70 bits per heavy atom. The van der Waals surface area contributed by atoms with E-state index in [9.17, 15) is 8.78 Å². The van der Waals surface area contributed by atoms with Crippen molar-refractivity contribution in [3.63, 3.8) is 0 Å². The molecule has 0 saturated carbocycles. The summed E-state index contributed by atoms with van der Waals surface area (Å²) < 4.78 is 27.7. The van der Waals surface area contributed by atoms with Gasteiger partial charge >= 0.3 is 0 Å². The Morgan fingerprint density at radius 3 is 2.45 bits per heavy atom. The number of rotatable bonds is 2. The first-order valence-electron chi connectivity index (χ1n) is 5.91. The average Bonchev–Trinajstić information content (AvgIpc) is 2.43. The topological polar surface area (TPSA) is 38.9 Å². The summed E-state index contributed by atoms with van der Waals surface area (Å²) in [4.78, 5) is 4.91. The SMILES string of the molecule is Nc1cc(F)c(Sc2ccnc3ccccc23)c(F)c1. The number of aromatic nitrogens is 1. The smallest absolute Gasteiger partial charge is 0.142 e. The molecule has 0 amide bonds. The minimum absolute atomic E-state index is 0.0597. The molecule has 0 saturated heterocycles. The van der Waals surface area contributed by atoms with Crippen LogP contribution in [0.1, 0.15) is 0 Å². The summed E-state index contributed by atoms with van der Waals surface area (Å²) >= 11 is 1.03. The second kappa shape index (κ2) is 5.09. The Morgan fingerprint density at radius 1 is 1.00 bits per heavy atom. The van der Waals surface area contributed by atoms with Crippen LogP contribution in [-0.2, 0) is 0 Å². The standard InChI is InChI=1S/C15H10F2N2S/c16-11-7-9(18)8-12(17)15(11)20-14-5-6-19-13-4-2-1-3-10(13)14/h1-8H,18H2. The van der Waals surface area contributed by atoms with E-state index in [-0.39, 0.29) is 10.6 Å². The van der Waals surface area contributed by atoms with Crippen LogP contribution in [-0.4, -0.2) is 4.98 Å². The number of pyridine rings is 1. The lowest BCUT2D eigenvalue weighted by Crippen LogP contribution is -1.93. The van der Waals surface area contributed by atoms with Crippen LogP contribution in [0.3, 0.4) is 0 Å². The molecule has 0 spiro atoms. The maximum absolute atomic E-state index is 13.8. The van der Waals surface area contributed by atoms with E-state index in [1.807, 2.05) is 24.3 Å². The molecule has 20 heavy (non-hydrogen) atoms. The zero-order valence-corrected chi connectivity index (χ0v) is 11.1. The van der Waals surface area contributed by atoms with E-state index < -0.39 is 11.6 Å². The second-order valence-electron chi connectivity index (χ2n) is 4.24. The number of nitrogens with two attached hydrogens (primary N) is 1. The van der Waals surface area contributed by atoms with Crippen LogP contribution in [0.4, 0.5) is 14.5 Å². The molecule has 0 aliphatic heterocycles. The first kappa shape index (κ1) is 12.9. The Balaban J connectivity index is 2.10. The highest BCUT2D eigenvalue weighted by Crippen LogP contribution is 2.36. The summed E-state index contributed by atoms with van der Waals surface area (Å²) in [5.74, 6) is -1.32. The number of para-hydroxylation sites is 1. The molecule has 2 aromatic carbocycles. The maximum atomic E-state index is 13.8. The molecule has 0 fully saturated rings. The molecule has 100 valence electrons. The molecule has 3 aromatic rings. The molecule has 0 atom stereocenters. The minimum Gasteiger partial charge on any atom is -0.399 e. The van der Waals surface area contributed by atoms with E-state index in [0.717, 1.165) is 39.7 Å². The van der Waals surface area contributed by atoms with Gasteiger partial charge in [0.05, 0.1) is 10.4 Å². The molecular formula is C15H10F2N2S. The van der Waals surface area contributed by atoms with Crippen molar-refractivity contribution in [3.05, 3.63) is 60.3 Å². The summed E-state index contributed by atoms with van der Waals surface area (Å²) in [7, 11) is 0.